The Morgan fingerprint density at radius 3 is 2.77 bits per heavy atom. The molecule has 1 unspecified atom stereocenters. The van der Waals surface area contributed by atoms with E-state index < -0.39 is 5.82 Å². The number of halogens is 1. The van der Waals surface area contributed by atoms with Gasteiger partial charge in [0.1, 0.15) is 0 Å². The Morgan fingerprint density at radius 1 is 1.25 bits per heavy atom. The molecule has 2 aromatic heterocycles. The number of rotatable bonds is 9. The van der Waals surface area contributed by atoms with Gasteiger partial charge in [0, 0.05) is 62.7 Å². The van der Waals surface area contributed by atoms with Crippen molar-refractivity contribution in [2.45, 2.75) is 63.8 Å². The molecule has 1 aromatic carbocycles. The molecule has 1 amide bonds. The van der Waals surface area contributed by atoms with Crippen LogP contribution in [-0.4, -0.2) is 74.7 Å². The molecule has 10 heteroatoms. The first kappa shape index (κ1) is 26.7. The number of ether oxygens (including phenoxy) is 1. The summed E-state index contributed by atoms with van der Waals surface area (Å²) in [4.78, 5) is 27.1. The lowest BCUT2D eigenvalue weighted by Gasteiger charge is -2.40. The van der Waals surface area contributed by atoms with Gasteiger partial charge in [0.25, 0.3) is 5.91 Å². The number of hydrogen-bond acceptors (Lipinski definition) is 7. The van der Waals surface area contributed by atoms with Gasteiger partial charge in [-0.25, -0.2) is 9.37 Å². The summed E-state index contributed by atoms with van der Waals surface area (Å²) in [6.45, 7) is 7.48. The second-order valence-corrected chi connectivity index (χ2v) is 11.3. The zero-order chi connectivity index (χ0) is 28.0. The fourth-order valence-electron chi connectivity index (χ4n) is 6.43. The molecule has 2 aliphatic heterocycles. The second kappa shape index (κ2) is 10.5. The quantitative estimate of drug-likeness (QED) is 0.421. The standard InChI is InChI=1S/C30H37FN6O3/c1-4-40-26-13-25(34-14-24(26)31)19(2)37-18-30(6-7-30)27-21(16-35-9-5-22(38)17-35)11-20(12-23(27)28(37)39)15-36-10-8-33-29(36)32-3/h8,10-14,19,22,38H,4-7,9,15-18H2,1-3H3,(H,32,33)/t19?,22-/m0/s1. The van der Waals surface area contributed by atoms with Crippen LogP contribution in [0.15, 0.2) is 36.8 Å². The third kappa shape index (κ3) is 4.83. The predicted molar refractivity (Wildman–Crippen MR) is 149 cm³/mol. The average Bonchev–Trinajstić information content (AvgIpc) is 3.35. The van der Waals surface area contributed by atoms with Crippen LogP contribution in [0.1, 0.15) is 71.9 Å². The fraction of sp³-hybridized carbons (Fsp3) is 0.500. The number of carbonyl (C=O) groups is 1. The minimum Gasteiger partial charge on any atom is -0.491 e. The van der Waals surface area contributed by atoms with Gasteiger partial charge in [0.15, 0.2) is 11.6 Å². The molecule has 0 radical (unpaired) electrons. The largest absolute Gasteiger partial charge is 0.491 e. The van der Waals surface area contributed by atoms with E-state index in [1.807, 2.05) is 42.6 Å². The number of fused-ring (bicyclic) bond motifs is 2. The van der Waals surface area contributed by atoms with Gasteiger partial charge in [0.2, 0.25) is 5.95 Å². The van der Waals surface area contributed by atoms with Gasteiger partial charge < -0.3 is 24.6 Å². The first-order valence-electron chi connectivity index (χ1n) is 14.2. The number of benzene rings is 1. The van der Waals surface area contributed by atoms with E-state index in [1.54, 1.807) is 12.3 Å². The monoisotopic (exact) mass is 548 g/mol. The van der Waals surface area contributed by atoms with E-state index in [0.717, 1.165) is 48.4 Å². The molecule has 1 saturated heterocycles. The van der Waals surface area contributed by atoms with Crippen molar-refractivity contribution in [1.29, 1.82) is 0 Å². The van der Waals surface area contributed by atoms with Gasteiger partial charge in [-0.15, -0.1) is 0 Å². The number of hydrogen-bond donors (Lipinski definition) is 2. The van der Waals surface area contributed by atoms with Crippen molar-refractivity contribution in [2.24, 2.45) is 0 Å². The highest BCUT2D eigenvalue weighted by molar-refractivity contribution is 5.98. The molecule has 2 N–H and O–H groups in total. The molecular weight excluding hydrogens is 511 g/mol. The maximum atomic E-state index is 14.3. The Hall–Kier alpha value is -3.50. The number of aliphatic hydroxyl groups is 1. The van der Waals surface area contributed by atoms with Gasteiger partial charge in [-0.05, 0) is 55.9 Å². The topological polar surface area (TPSA) is 95.7 Å². The minimum atomic E-state index is -0.506. The summed E-state index contributed by atoms with van der Waals surface area (Å²) in [6.07, 6.45) is 7.35. The average molecular weight is 549 g/mol. The molecular formula is C30H37FN6O3. The smallest absolute Gasteiger partial charge is 0.254 e. The van der Waals surface area contributed by atoms with Crippen LogP contribution in [0.2, 0.25) is 0 Å². The van der Waals surface area contributed by atoms with Crippen LogP contribution in [0.4, 0.5) is 10.3 Å². The Bertz CT molecular complexity index is 1420. The molecule has 1 saturated carbocycles. The summed E-state index contributed by atoms with van der Waals surface area (Å²) in [5.74, 6) is 0.375. The number of aliphatic hydroxyl groups excluding tert-OH is 1. The maximum absolute atomic E-state index is 14.3. The van der Waals surface area contributed by atoms with Crippen molar-refractivity contribution in [3.8, 4) is 5.75 Å². The van der Waals surface area contributed by atoms with Crippen LogP contribution in [0, 0.1) is 5.82 Å². The van der Waals surface area contributed by atoms with Gasteiger partial charge in [-0.1, -0.05) is 6.07 Å². The van der Waals surface area contributed by atoms with Crippen LogP contribution in [0.3, 0.4) is 0 Å². The number of pyridine rings is 1. The summed E-state index contributed by atoms with van der Waals surface area (Å²) in [6, 6.07) is 5.56. The number of anilines is 1. The van der Waals surface area contributed by atoms with Crippen molar-refractivity contribution < 1.29 is 19.0 Å². The number of amides is 1. The van der Waals surface area contributed by atoms with Crippen molar-refractivity contribution in [3.05, 3.63) is 70.6 Å². The van der Waals surface area contributed by atoms with Crippen LogP contribution < -0.4 is 10.1 Å². The lowest BCUT2D eigenvalue weighted by Crippen LogP contribution is -2.45. The summed E-state index contributed by atoms with van der Waals surface area (Å²) >= 11 is 0. The minimum absolute atomic E-state index is 0.0341. The van der Waals surface area contributed by atoms with Crippen LogP contribution >= 0.6 is 0 Å². The Kier molecular flexibility index (Phi) is 7.00. The summed E-state index contributed by atoms with van der Waals surface area (Å²) in [5.41, 5.74) is 4.60. The Labute approximate surface area is 234 Å². The highest BCUT2D eigenvalue weighted by atomic mass is 19.1. The number of β-amino-alcohol motifs (C(OH)–C–C–N with tert-alkyl or cyclic N) is 1. The van der Waals surface area contributed by atoms with E-state index in [0.29, 0.717) is 38.5 Å². The first-order chi connectivity index (χ1) is 19.3. The molecule has 2 atom stereocenters. The SMILES string of the molecule is CCOc1cc(C(C)N2CC3(CC3)c3c(CN4CC[C@H](O)C4)cc(Cn4ccnc4NC)cc3C2=O)ncc1F. The molecule has 9 nitrogen and oxygen atoms in total. The number of nitrogens with one attached hydrogen (secondary N) is 1. The molecule has 1 aliphatic carbocycles. The highest BCUT2D eigenvalue weighted by Gasteiger charge is 2.53. The van der Waals surface area contributed by atoms with E-state index >= 15 is 0 Å². The van der Waals surface area contributed by atoms with Gasteiger partial charge in [0.05, 0.1) is 37.2 Å². The molecule has 3 aliphatic rings. The third-order valence-electron chi connectivity index (χ3n) is 8.60. The number of imidazole rings is 1. The molecule has 0 bridgehead atoms. The fourth-order valence-corrected chi connectivity index (χ4v) is 6.43. The zero-order valence-electron chi connectivity index (χ0n) is 23.4. The van der Waals surface area contributed by atoms with Crippen LogP contribution in [0.25, 0.3) is 0 Å². The van der Waals surface area contributed by atoms with Crippen LogP contribution in [-0.2, 0) is 18.5 Å². The highest BCUT2D eigenvalue weighted by Crippen LogP contribution is 2.55. The van der Waals surface area contributed by atoms with E-state index in [1.165, 1.54) is 11.8 Å². The van der Waals surface area contributed by atoms with Crippen molar-refractivity contribution in [3.63, 3.8) is 0 Å². The van der Waals surface area contributed by atoms with Crippen molar-refractivity contribution >= 4 is 11.9 Å². The summed E-state index contributed by atoms with van der Waals surface area (Å²) < 4.78 is 21.8. The molecule has 212 valence electrons. The van der Waals surface area contributed by atoms with E-state index in [9.17, 15) is 14.3 Å². The molecule has 1 spiro atoms. The lowest BCUT2D eigenvalue weighted by atomic mass is 9.81. The number of carbonyl (C=O) groups excluding carboxylic acids is 1. The van der Waals surface area contributed by atoms with E-state index in [-0.39, 0.29) is 29.2 Å². The number of likely N-dealkylation sites (tertiary alicyclic amines) is 1. The first-order valence-corrected chi connectivity index (χ1v) is 14.2. The van der Waals surface area contributed by atoms with E-state index in [2.05, 4.69) is 26.3 Å². The van der Waals surface area contributed by atoms with Gasteiger partial charge in [-0.2, -0.15) is 0 Å². The van der Waals surface area contributed by atoms with Crippen LogP contribution in [0.5, 0.6) is 5.75 Å². The Morgan fingerprint density at radius 2 is 2.08 bits per heavy atom. The molecule has 2 fully saturated rings. The molecule has 6 rings (SSSR count). The second-order valence-electron chi connectivity index (χ2n) is 11.3. The predicted octanol–water partition coefficient (Wildman–Crippen LogP) is 3.72. The van der Waals surface area contributed by atoms with E-state index in [4.69, 9.17) is 4.74 Å². The van der Waals surface area contributed by atoms with Gasteiger partial charge >= 0.3 is 0 Å². The molecule has 4 heterocycles. The number of nitrogens with zero attached hydrogens (tertiary/aromatic N) is 5. The molecule has 40 heavy (non-hydrogen) atoms. The normalized spacial score (nSPS) is 20.6. The van der Waals surface area contributed by atoms with Crippen molar-refractivity contribution in [1.82, 2.24) is 24.3 Å². The molecule has 3 aromatic rings. The summed E-state index contributed by atoms with van der Waals surface area (Å²) in [7, 11) is 1.84. The summed E-state index contributed by atoms with van der Waals surface area (Å²) in [5, 5.41) is 13.3. The third-order valence-corrected chi connectivity index (χ3v) is 8.60. The zero-order valence-corrected chi connectivity index (χ0v) is 23.4. The van der Waals surface area contributed by atoms with Crippen molar-refractivity contribution in [2.75, 3.05) is 38.6 Å². The maximum Gasteiger partial charge on any atom is 0.254 e. The Balaban J connectivity index is 1.39. The number of aromatic nitrogens is 3. The lowest BCUT2D eigenvalue weighted by molar-refractivity contribution is 0.0632. The van der Waals surface area contributed by atoms with Gasteiger partial charge in [-0.3, -0.25) is 14.7 Å².